The van der Waals surface area contributed by atoms with Crippen molar-refractivity contribution in [1.29, 1.82) is 0 Å². The average molecular weight is 460 g/mol. The van der Waals surface area contributed by atoms with Gasteiger partial charge in [0.25, 0.3) is 0 Å². The van der Waals surface area contributed by atoms with Crippen molar-refractivity contribution < 1.29 is 23.8 Å². The molecule has 0 radical (unpaired) electrons. The van der Waals surface area contributed by atoms with Crippen molar-refractivity contribution in [2.24, 2.45) is 5.92 Å². The van der Waals surface area contributed by atoms with Gasteiger partial charge < -0.3 is 14.7 Å². The Morgan fingerprint density at radius 3 is 2.56 bits per heavy atom. The average Bonchev–Trinajstić information content (AvgIpc) is 3.65. The van der Waals surface area contributed by atoms with E-state index in [1.54, 1.807) is 18.2 Å². The molecule has 1 saturated carbocycles. The zero-order valence-electron chi connectivity index (χ0n) is 19.0. The fraction of sp³-hybridized carbons (Fsp3) is 0.286. The van der Waals surface area contributed by atoms with Crippen LogP contribution >= 0.6 is 0 Å². The molecule has 5 rings (SSSR count). The van der Waals surface area contributed by atoms with Gasteiger partial charge in [0.05, 0.1) is 13.5 Å². The summed E-state index contributed by atoms with van der Waals surface area (Å²) in [5, 5.41) is 9.11. The number of ether oxygens (including phenoxy) is 1. The molecule has 1 fully saturated rings. The van der Waals surface area contributed by atoms with Gasteiger partial charge in [0, 0.05) is 24.6 Å². The Bertz CT molecular complexity index is 1260. The Kier molecular flexibility index (Phi) is 5.82. The van der Waals surface area contributed by atoms with Crippen molar-refractivity contribution in [3.63, 3.8) is 0 Å². The monoisotopic (exact) mass is 459 g/mol. The number of aliphatic carboxylic acids is 1. The zero-order chi connectivity index (χ0) is 23.8. The lowest BCUT2D eigenvalue weighted by Crippen LogP contribution is -2.37. The van der Waals surface area contributed by atoms with Crippen molar-refractivity contribution in [3.05, 3.63) is 88.7 Å². The summed E-state index contributed by atoms with van der Waals surface area (Å²) in [6.45, 7) is 0.845. The van der Waals surface area contributed by atoms with Crippen LogP contribution in [0.5, 0.6) is 5.75 Å². The lowest BCUT2D eigenvalue weighted by molar-refractivity contribution is -0.136. The molecule has 0 bridgehead atoms. The van der Waals surface area contributed by atoms with Gasteiger partial charge in [0.2, 0.25) is 5.91 Å². The Hall–Kier alpha value is -3.67. The third kappa shape index (κ3) is 4.16. The molecule has 3 aromatic rings. The van der Waals surface area contributed by atoms with E-state index in [0.717, 1.165) is 23.1 Å². The minimum atomic E-state index is -0.919. The molecule has 1 amide bonds. The van der Waals surface area contributed by atoms with E-state index in [4.69, 9.17) is 9.84 Å². The number of carbonyl (C=O) groups excluding carboxylic acids is 1. The maximum Gasteiger partial charge on any atom is 0.307 e. The highest BCUT2D eigenvalue weighted by atomic mass is 19.1. The summed E-state index contributed by atoms with van der Waals surface area (Å²) in [5.41, 5.74) is 4.81. The normalized spacial score (nSPS) is 18.8. The van der Waals surface area contributed by atoms with Crippen LogP contribution in [0.1, 0.15) is 34.6 Å². The Morgan fingerprint density at radius 1 is 1.06 bits per heavy atom. The fourth-order valence-corrected chi connectivity index (χ4v) is 5.09. The smallest absolute Gasteiger partial charge is 0.307 e. The third-order valence-electron chi connectivity index (χ3n) is 6.91. The van der Waals surface area contributed by atoms with Gasteiger partial charge in [0.15, 0.2) is 0 Å². The number of rotatable bonds is 6. The summed E-state index contributed by atoms with van der Waals surface area (Å²) >= 11 is 0. The number of benzene rings is 3. The van der Waals surface area contributed by atoms with E-state index in [1.165, 1.54) is 18.7 Å². The summed E-state index contributed by atoms with van der Waals surface area (Å²) in [4.78, 5) is 26.3. The predicted octanol–water partition coefficient (Wildman–Crippen LogP) is 4.82. The van der Waals surface area contributed by atoms with Gasteiger partial charge in [-0.1, -0.05) is 48.5 Å². The van der Waals surface area contributed by atoms with Crippen LogP contribution in [0.2, 0.25) is 0 Å². The predicted molar refractivity (Wildman–Crippen MR) is 126 cm³/mol. The molecular weight excluding hydrogens is 433 g/mol. The highest BCUT2D eigenvalue weighted by molar-refractivity contribution is 5.84. The topological polar surface area (TPSA) is 66.8 Å². The largest absolute Gasteiger partial charge is 0.496 e. The molecule has 5 nitrogen and oxygen atoms in total. The summed E-state index contributed by atoms with van der Waals surface area (Å²) < 4.78 is 20.3. The molecule has 1 aliphatic heterocycles. The van der Waals surface area contributed by atoms with Crippen LogP contribution < -0.4 is 4.74 Å². The van der Waals surface area contributed by atoms with Gasteiger partial charge in [-0.15, -0.1) is 0 Å². The molecular formula is C28H26FNO4. The molecule has 0 saturated heterocycles. The first-order chi connectivity index (χ1) is 16.5. The number of halogens is 1. The number of carboxylic acids is 1. The maximum absolute atomic E-state index is 14.7. The van der Waals surface area contributed by atoms with Gasteiger partial charge in [-0.3, -0.25) is 9.59 Å². The van der Waals surface area contributed by atoms with E-state index < -0.39 is 5.97 Å². The van der Waals surface area contributed by atoms with Crippen molar-refractivity contribution >= 4 is 11.9 Å². The first kappa shape index (κ1) is 22.1. The van der Waals surface area contributed by atoms with Gasteiger partial charge in [-0.05, 0) is 58.7 Å². The number of methoxy groups -OCH3 is 1. The quantitative estimate of drug-likeness (QED) is 0.574. The van der Waals surface area contributed by atoms with E-state index in [2.05, 4.69) is 12.1 Å². The molecule has 0 aromatic heterocycles. The third-order valence-corrected chi connectivity index (χ3v) is 6.91. The molecule has 6 heteroatoms. The highest BCUT2D eigenvalue weighted by Gasteiger charge is 2.46. The molecule has 1 heterocycles. The Labute approximate surface area is 197 Å². The lowest BCUT2D eigenvalue weighted by atomic mass is 9.89. The molecule has 1 N–H and O–H groups in total. The number of hydrogen-bond acceptors (Lipinski definition) is 3. The van der Waals surface area contributed by atoms with Crippen LogP contribution in [0.15, 0.2) is 60.7 Å². The van der Waals surface area contributed by atoms with Crippen LogP contribution in [0.3, 0.4) is 0 Å². The maximum atomic E-state index is 14.7. The molecule has 174 valence electrons. The van der Waals surface area contributed by atoms with Gasteiger partial charge >= 0.3 is 5.97 Å². The van der Waals surface area contributed by atoms with Crippen molar-refractivity contribution in [3.8, 4) is 16.9 Å². The minimum absolute atomic E-state index is 0.0224. The van der Waals surface area contributed by atoms with E-state index in [0.29, 0.717) is 36.4 Å². The number of hydrogen-bond donors (Lipinski definition) is 1. The fourth-order valence-electron chi connectivity index (χ4n) is 5.09. The standard InChI is InChI=1S/C28H26FNO4/c1-34-26-13-17(14-27(31)32)7-8-21(26)19-9-10-25(29)20-11-12-30(16-24(19)20)28(33)23-15-22(23)18-5-3-2-4-6-18/h2-10,13,22-23H,11-12,14-16H2,1H3,(H,31,32)/t22-,23+/m0/s1. The van der Waals surface area contributed by atoms with Crippen LogP contribution in [0.4, 0.5) is 4.39 Å². The number of carbonyl (C=O) groups is 2. The Morgan fingerprint density at radius 2 is 1.82 bits per heavy atom. The SMILES string of the molecule is COc1cc(CC(=O)O)ccc1-c1ccc(F)c2c1CN(C(=O)[C@@H]1C[C@H]1c1ccccc1)CC2. The van der Waals surface area contributed by atoms with Crippen molar-refractivity contribution in [2.75, 3.05) is 13.7 Å². The van der Waals surface area contributed by atoms with Crippen molar-refractivity contribution in [2.45, 2.75) is 31.7 Å². The number of fused-ring (bicyclic) bond motifs is 1. The molecule has 1 aliphatic carbocycles. The van der Waals surface area contributed by atoms with E-state index in [9.17, 15) is 14.0 Å². The minimum Gasteiger partial charge on any atom is -0.496 e. The lowest BCUT2D eigenvalue weighted by Gasteiger charge is -2.31. The molecule has 0 unspecified atom stereocenters. The van der Waals surface area contributed by atoms with Gasteiger partial charge in [-0.25, -0.2) is 4.39 Å². The van der Waals surface area contributed by atoms with E-state index >= 15 is 0 Å². The number of nitrogens with zero attached hydrogens (tertiary/aromatic N) is 1. The second-order valence-corrected chi connectivity index (χ2v) is 9.03. The van der Waals surface area contributed by atoms with Gasteiger partial charge in [-0.2, -0.15) is 0 Å². The van der Waals surface area contributed by atoms with E-state index in [1.807, 2.05) is 29.2 Å². The zero-order valence-corrected chi connectivity index (χ0v) is 19.0. The van der Waals surface area contributed by atoms with Crippen LogP contribution in [-0.2, 0) is 29.0 Å². The molecule has 0 spiro atoms. The van der Waals surface area contributed by atoms with Crippen LogP contribution in [0, 0.1) is 11.7 Å². The molecule has 3 aromatic carbocycles. The summed E-state index contributed by atoms with van der Waals surface area (Å²) in [6, 6.07) is 18.6. The Balaban J connectivity index is 1.44. The number of carboxylic acid groups (broad SMARTS) is 1. The van der Waals surface area contributed by atoms with Gasteiger partial charge in [0.1, 0.15) is 11.6 Å². The summed E-state index contributed by atoms with van der Waals surface area (Å²) in [6.07, 6.45) is 1.20. The summed E-state index contributed by atoms with van der Waals surface area (Å²) in [7, 11) is 1.53. The molecule has 34 heavy (non-hydrogen) atoms. The number of amides is 1. The van der Waals surface area contributed by atoms with Crippen LogP contribution in [0.25, 0.3) is 11.1 Å². The first-order valence-electron chi connectivity index (χ1n) is 11.5. The molecule has 2 atom stereocenters. The molecule has 2 aliphatic rings. The van der Waals surface area contributed by atoms with Crippen LogP contribution in [-0.4, -0.2) is 35.5 Å². The van der Waals surface area contributed by atoms with E-state index in [-0.39, 0.29) is 30.0 Å². The van der Waals surface area contributed by atoms with Crippen molar-refractivity contribution in [1.82, 2.24) is 4.90 Å². The second-order valence-electron chi connectivity index (χ2n) is 9.03. The first-order valence-corrected chi connectivity index (χ1v) is 11.5. The second kappa shape index (κ2) is 8.93. The highest BCUT2D eigenvalue weighted by Crippen LogP contribution is 2.49. The summed E-state index contributed by atoms with van der Waals surface area (Å²) in [5.74, 6) is -0.298.